The first-order chi connectivity index (χ1) is 5.98. The van der Waals surface area contributed by atoms with Gasteiger partial charge in [-0.3, -0.25) is 0 Å². The predicted molar refractivity (Wildman–Crippen MR) is 59.8 cm³/mol. The molecule has 0 aromatic rings. The van der Waals surface area contributed by atoms with Crippen molar-refractivity contribution in [3.63, 3.8) is 0 Å². The Morgan fingerprint density at radius 2 is 2.00 bits per heavy atom. The predicted octanol–water partition coefficient (Wildman–Crippen LogP) is 2.14. The molecular formula is C11H26N2. The van der Waals surface area contributed by atoms with Crippen molar-refractivity contribution in [2.45, 2.75) is 53.0 Å². The van der Waals surface area contributed by atoms with Gasteiger partial charge in [0.2, 0.25) is 0 Å². The van der Waals surface area contributed by atoms with Crippen LogP contribution in [0.1, 0.15) is 47.0 Å². The maximum Gasteiger partial charge on any atom is 0.00109 e. The second kappa shape index (κ2) is 6.39. The largest absolute Gasteiger partial charge is 0.328 e. The third-order valence-corrected chi connectivity index (χ3v) is 2.57. The van der Waals surface area contributed by atoms with Gasteiger partial charge < -0.3 is 11.1 Å². The fourth-order valence-corrected chi connectivity index (χ4v) is 1.10. The molecule has 0 aromatic heterocycles. The van der Waals surface area contributed by atoms with Crippen LogP contribution >= 0.6 is 0 Å². The van der Waals surface area contributed by atoms with Crippen molar-refractivity contribution < 1.29 is 0 Å². The van der Waals surface area contributed by atoms with E-state index in [0.29, 0.717) is 11.5 Å². The van der Waals surface area contributed by atoms with Crippen LogP contribution in [0.4, 0.5) is 0 Å². The maximum atomic E-state index is 5.66. The molecule has 0 rings (SSSR count). The van der Waals surface area contributed by atoms with E-state index < -0.39 is 0 Å². The molecule has 80 valence electrons. The molecule has 0 saturated carbocycles. The number of nitrogens with one attached hydrogen (secondary N) is 1. The Labute approximate surface area is 83.3 Å². The third-order valence-electron chi connectivity index (χ3n) is 2.57. The van der Waals surface area contributed by atoms with Crippen LogP contribution in [0.5, 0.6) is 0 Å². The number of hydrogen-bond donors (Lipinski definition) is 2. The molecule has 0 fully saturated rings. The highest BCUT2D eigenvalue weighted by Crippen LogP contribution is 2.17. The lowest BCUT2D eigenvalue weighted by Gasteiger charge is -2.23. The lowest BCUT2D eigenvalue weighted by Crippen LogP contribution is -2.30. The zero-order valence-corrected chi connectivity index (χ0v) is 9.69. The van der Waals surface area contributed by atoms with Crippen LogP contribution in [0.2, 0.25) is 0 Å². The summed E-state index contributed by atoms with van der Waals surface area (Å²) in [5.74, 6) is 0. The minimum absolute atomic E-state index is 0.348. The maximum absolute atomic E-state index is 5.66. The molecule has 0 aliphatic carbocycles. The van der Waals surface area contributed by atoms with Gasteiger partial charge in [0.25, 0.3) is 0 Å². The molecule has 2 heteroatoms. The van der Waals surface area contributed by atoms with E-state index in [-0.39, 0.29) is 0 Å². The monoisotopic (exact) mass is 186 g/mol. The van der Waals surface area contributed by atoms with Crippen molar-refractivity contribution >= 4 is 0 Å². The van der Waals surface area contributed by atoms with Crippen LogP contribution < -0.4 is 11.1 Å². The Kier molecular flexibility index (Phi) is 6.35. The summed E-state index contributed by atoms with van der Waals surface area (Å²) in [6.45, 7) is 11.1. The Morgan fingerprint density at radius 3 is 2.46 bits per heavy atom. The fraction of sp³-hybridized carbons (Fsp3) is 1.00. The van der Waals surface area contributed by atoms with Crippen molar-refractivity contribution in [2.24, 2.45) is 11.1 Å². The summed E-state index contributed by atoms with van der Waals surface area (Å²) >= 11 is 0. The van der Waals surface area contributed by atoms with E-state index in [1.54, 1.807) is 0 Å². The molecule has 0 amide bonds. The summed E-state index contributed by atoms with van der Waals surface area (Å²) < 4.78 is 0. The molecule has 0 spiro atoms. The first-order valence-corrected chi connectivity index (χ1v) is 5.44. The first-order valence-electron chi connectivity index (χ1n) is 5.44. The lowest BCUT2D eigenvalue weighted by atomic mass is 9.90. The van der Waals surface area contributed by atoms with E-state index in [9.17, 15) is 0 Å². The second-order valence-corrected chi connectivity index (χ2v) is 4.81. The number of rotatable bonds is 7. The fourth-order valence-electron chi connectivity index (χ4n) is 1.10. The van der Waals surface area contributed by atoms with Gasteiger partial charge in [-0.2, -0.15) is 0 Å². The Hall–Kier alpha value is -0.0800. The van der Waals surface area contributed by atoms with Crippen LogP contribution in [0.15, 0.2) is 0 Å². The quantitative estimate of drug-likeness (QED) is 0.598. The van der Waals surface area contributed by atoms with Gasteiger partial charge in [-0.05, 0) is 38.1 Å². The van der Waals surface area contributed by atoms with E-state index in [1.807, 2.05) is 0 Å². The Bertz CT molecular complexity index is 119. The normalized spacial score (nSPS) is 14.5. The minimum atomic E-state index is 0.348. The van der Waals surface area contributed by atoms with Gasteiger partial charge >= 0.3 is 0 Å². The standard InChI is InChI=1S/C11H26N2/c1-5-11(3,4)9-13-8-6-7-10(2)12/h10,13H,5-9,12H2,1-4H3. The molecule has 0 heterocycles. The SMILES string of the molecule is CCC(C)(C)CNCCCC(C)N. The zero-order chi connectivity index (χ0) is 10.3. The summed E-state index contributed by atoms with van der Waals surface area (Å²) in [6.07, 6.45) is 3.55. The molecule has 0 aromatic carbocycles. The smallest absolute Gasteiger partial charge is 0.00109 e. The van der Waals surface area contributed by atoms with Gasteiger partial charge in [0, 0.05) is 12.6 Å². The lowest BCUT2D eigenvalue weighted by molar-refractivity contribution is 0.327. The molecule has 2 nitrogen and oxygen atoms in total. The van der Waals surface area contributed by atoms with E-state index in [0.717, 1.165) is 19.5 Å². The summed E-state index contributed by atoms with van der Waals surface area (Å²) in [5, 5.41) is 3.48. The minimum Gasteiger partial charge on any atom is -0.328 e. The van der Waals surface area contributed by atoms with E-state index >= 15 is 0 Å². The highest BCUT2D eigenvalue weighted by atomic mass is 14.9. The van der Waals surface area contributed by atoms with Crippen LogP contribution in [0.3, 0.4) is 0 Å². The molecule has 0 saturated heterocycles. The molecule has 0 bridgehead atoms. The van der Waals surface area contributed by atoms with E-state index in [4.69, 9.17) is 5.73 Å². The third kappa shape index (κ3) is 8.26. The summed E-state index contributed by atoms with van der Waals surface area (Å²) in [6, 6.07) is 0.348. The topological polar surface area (TPSA) is 38.0 Å². The average molecular weight is 186 g/mol. The Morgan fingerprint density at radius 1 is 1.38 bits per heavy atom. The van der Waals surface area contributed by atoms with Crippen molar-refractivity contribution in [3.05, 3.63) is 0 Å². The molecular weight excluding hydrogens is 160 g/mol. The van der Waals surface area contributed by atoms with Gasteiger partial charge in [-0.15, -0.1) is 0 Å². The van der Waals surface area contributed by atoms with Crippen molar-refractivity contribution in [1.29, 1.82) is 0 Å². The zero-order valence-electron chi connectivity index (χ0n) is 9.69. The summed E-state index contributed by atoms with van der Waals surface area (Å²) in [7, 11) is 0. The van der Waals surface area contributed by atoms with Crippen LogP contribution in [0.25, 0.3) is 0 Å². The highest BCUT2D eigenvalue weighted by molar-refractivity contribution is 4.69. The summed E-state index contributed by atoms with van der Waals surface area (Å²) in [5.41, 5.74) is 6.10. The highest BCUT2D eigenvalue weighted by Gasteiger charge is 2.13. The first kappa shape index (κ1) is 12.9. The molecule has 0 radical (unpaired) electrons. The number of hydrogen-bond acceptors (Lipinski definition) is 2. The van der Waals surface area contributed by atoms with Gasteiger partial charge in [-0.25, -0.2) is 0 Å². The van der Waals surface area contributed by atoms with Gasteiger partial charge in [0.15, 0.2) is 0 Å². The molecule has 1 unspecified atom stereocenters. The van der Waals surface area contributed by atoms with Gasteiger partial charge in [-0.1, -0.05) is 20.8 Å². The summed E-state index contributed by atoms with van der Waals surface area (Å²) in [4.78, 5) is 0. The van der Waals surface area contributed by atoms with Crippen LogP contribution in [-0.4, -0.2) is 19.1 Å². The molecule has 1 atom stereocenters. The van der Waals surface area contributed by atoms with E-state index in [2.05, 4.69) is 33.0 Å². The van der Waals surface area contributed by atoms with Gasteiger partial charge in [0.05, 0.1) is 0 Å². The number of nitrogens with two attached hydrogens (primary N) is 1. The van der Waals surface area contributed by atoms with E-state index in [1.165, 1.54) is 12.8 Å². The second-order valence-electron chi connectivity index (χ2n) is 4.81. The molecule has 0 aliphatic heterocycles. The van der Waals surface area contributed by atoms with Crippen molar-refractivity contribution in [1.82, 2.24) is 5.32 Å². The molecule has 13 heavy (non-hydrogen) atoms. The van der Waals surface area contributed by atoms with Crippen molar-refractivity contribution in [3.8, 4) is 0 Å². The molecule has 3 N–H and O–H groups in total. The van der Waals surface area contributed by atoms with Crippen LogP contribution in [-0.2, 0) is 0 Å². The van der Waals surface area contributed by atoms with Crippen molar-refractivity contribution in [2.75, 3.05) is 13.1 Å². The van der Waals surface area contributed by atoms with Gasteiger partial charge in [0.1, 0.15) is 0 Å². The molecule has 0 aliphatic rings. The Balaban J connectivity index is 3.26. The average Bonchev–Trinajstić information content (AvgIpc) is 2.03. The van der Waals surface area contributed by atoms with Crippen LogP contribution in [0, 0.1) is 5.41 Å².